The number of para-hydroxylation sites is 1. The molecule has 0 unspecified atom stereocenters. The van der Waals surface area contributed by atoms with E-state index in [1.165, 1.54) is 0 Å². The van der Waals surface area contributed by atoms with E-state index in [-0.39, 0.29) is 5.91 Å². The van der Waals surface area contributed by atoms with Crippen molar-refractivity contribution in [3.05, 3.63) is 47.3 Å². The molecule has 1 aromatic carbocycles. The highest BCUT2D eigenvalue weighted by Gasteiger charge is 2.23. The van der Waals surface area contributed by atoms with Crippen LogP contribution in [0.2, 0.25) is 0 Å². The Bertz CT molecular complexity index is 819. The second-order valence-corrected chi connectivity index (χ2v) is 6.48. The minimum Gasteiger partial charge on any atom is -0.337 e. The third kappa shape index (κ3) is 3.94. The van der Waals surface area contributed by atoms with Crippen LogP contribution in [-0.2, 0) is 0 Å². The van der Waals surface area contributed by atoms with Gasteiger partial charge in [-0.3, -0.25) is 4.79 Å². The van der Waals surface area contributed by atoms with Gasteiger partial charge in [-0.05, 0) is 43.9 Å². The van der Waals surface area contributed by atoms with E-state index in [4.69, 9.17) is 0 Å². The zero-order valence-corrected chi connectivity index (χ0v) is 14.5. The van der Waals surface area contributed by atoms with Crippen LogP contribution in [0.1, 0.15) is 41.5 Å². The molecule has 25 heavy (non-hydrogen) atoms. The summed E-state index contributed by atoms with van der Waals surface area (Å²) in [6.07, 6.45) is 2.05. The van der Waals surface area contributed by atoms with Gasteiger partial charge in [0, 0.05) is 18.8 Å². The molecule has 1 saturated heterocycles. The van der Waals surface area contributed by atoms with Gasteiger partial charge in [-0.15, -0.1) is 0 Å². The molecule has 2 heterocycles. The molecule has 0 bridgehead atoms. The highest BCUT2D eigenvalue weighted by atomic mass is 16.2. The number of nitrogens with zero attached hydrogens (tertiary/aromatic N) is 4. The van der Waals surface area contributed by atoms with Crippen LogP contribution in [0.5, 0.6) is 0 Å². The van der Waals surface area contributed by atoms with E-state index < -0.39 is 0 Å². The summed E-state index contributed by atoms with van der Waals surface area (Å²) in [7, 11) is 0. The molecule has 6 heteroatoms. The number of nitriles is 1. The van der Waals surface area contributed by atoms with Crippen molar-refractivity contribution in [2.45, 2.75) is 26.7 Å². The molecule has 1 fully saturated rings. The van der Waals surface area contributed by atoms with Crippen LogP contribution in [0.4, 0.5) is 11.6 Å². The second kappa shape index (κ2) is 7.31. The molecule has 1 amide bonds. The van der Waals surface area contributed by atoms with Crippen molar-refractivity contribution in [3.63, 3.8) is 0 Å². The van der Waals surface area contributed by atoms with E-state index in [0.29, 0.717) is 34.5 Å². The van der Waals surface area contributed by atoms with E-state index in [2.05, 4.69) is 28.3 Å². The lowest BCUT2D eigenvalue weighted by atomic mass is 9.99. The number of hydrogen-bond acceptors (Lipinski definition) is 5. The minimum atomic E-state index is -0.0611. The molecule has 2 aromatic rings. The Hall–Kier alpha value is -2.94. The fraction of sp³-hybridized carbons (Fsp3) is 0.368. The van der Waals surface area contributed by atoms with Crippen molar-refractivity contribution in [1.29, 1.82) is 5.26 Å². The summed E-state index contributed by atoms with van der Waals surface area (Å²) in [5.41, 5.74) is 2.23. The van der Waals surface area contributed by atoms with E-state index in [9.17, 15) is 10.1 Å². The first-order valence-corrected chi connectivity index (χ1v) is 8.48. The standard InChI is InChI=1S/C19H21N5O/c1-13-7-9-24(10-8-13)18(25)17-11-14(2)21-19(23-17)22-16-6-4-3-5-15(16)12-20/h3-6,11,13H,7-10H2,1-2H3,(H,21,22,23). The molecule has 3 rings (SSSR count). The molecule has 128 valence electrons. The van der Waals surface area contributed by atoms with Gasteiger partial charge < -0.3 is 10.2 Å². The zero-order valence-electron chi connectivity index (χ0n) is 14.5. The van der Waals surface area contributed by atoms with Gasteiger partial charge in [-0.1, -0.05) is 19.1 Å². The summed E-state index contributed by atoms with van der Waals surface area (Å²) in [6, 6.07) is 11.0. The summed E-state index contributed by atoms with van der Waals surface area (Å²) in [5.74, 6) is 0.932. The molecule has 1 aliphatic rings. The van der Waals surface area contributed by atoms with Crippen molar-refractivity contribution in [2.24, 2.45) is 5.92 Å². The van der Waals surface area contributed by atoms with Crippen molar-refractivity contribution >= 4 is 17.5 Å². The average Bonchev–Trinajstić information content (AvgIpc) is 2.62. The summed E-state index contributed by atoms with van der Waals surface area (Å²) in [6.45, 7) is 5.58. The third-order valence-corrected chi connectivity index (χ3v) is 4.44. The van der Waals surface area contributed by atoms with Gasteiger partial charge in [0.05, 0.1) is 11.3 Å². The number of hydrogen-bond donors (Lipinski definition) is 1. The van der Waals surface area contributed by atoms with Crippen molar-refractivity contribution in [1.82, 2.24) is 14.9 Å². The van der Waals surface area contributed by atoms with Crippen LogP contribution < -0.4 is 5.32 Å². The van der Waals surface area contributed by atoms with Gasteiger partial charge >= 0.3 is 0 Å². The first-order valence-electron chi connectivity index (χ1n) is 8.48. The quantitative estimate of drug-likeness (QED) is 0.931. The van der Waals surface area contributed by atoms with Crippen LogP contribution in [0.3, 0.4) is 0 Å². The molecular formula is C19H21N5O. The predicted octanol–water partition coefficient (Wildman–Crippen LogP) is 3.27. The van der Waals surface area contributed by atoms with E-state index in [1.54, 1.807) is 24.3 Å². The molecule has 1 N–H and O–H groups in total. The number of nitrogens with one attached hydrogen (secondary N) is 1. The van der Waals surface area contributed by atoms with E-state index >= 15 is 0 Å². The number of carbonyl (C=O) groups is 1. The minimum absolute atomic E-state index is 0.0611. The predicted molar refractivity (Wildman–Crippen MR) is 95.5 cm³/mol. The monoisotopic (exact) mass is 335 g/mol. The van der Waals surface area contributed by atoms with Crippen LogP contribution in [0.25, 0.3) is 0 Å². The molecule has 0 aliphatic carbocycles. The Morgan fingerprint density at radius 3 is 2.72 bits per heavy atom. The Morgan fingerprint density at radius 1 is 1.28 bits per heavy atom. The molecular weight excluding hydrogens is 314 g/mol. The SMILES string of the molecule is Cc1cc(C(=O)N2CCC(C)CC2)nc(Nc2ccccc2C#N)n1. The topological polar surface area (TPSA) is 81.9 Å². The van der Waals surface area contributed by atoms with Crippen molar-refractivity contribution in [3.8, 4) is 6.07 Å². The van der Waals surface area contributed by atoms with E-state index in [0.717, 1.165) is 25.9 Å². The third-order valence-electron chi connectivity index (χ3n) is 4.44. The second-order valence-electron chi connectivity index (χ2n) is 6.48. The van der Waals surface area contributed by atoms with Crippen LogP contribution >= 0.6 is 0 Å². The lowest BCUT2D eigenvalue weighted by Crippen LogP contribution is -2.38. The Kier molecular flexibility index (Phi) is 4.94. The summed E-state index contributed by atoms with van der Waals surface area (Å²) in [5, 5.41) is 12.2. The fourth-order valence-electron chi connectivity index (χ4n) is 2.92. The van der Waals surface area contributed by atoms with Gasteiger partial charge in [-0.25, -0.2) is 9.97 Å². The van der Waals surface area contributed by atoms with Crippen LogP contribution in [0.15, 0.2) is 30.3 Å². The van der Waals surface area contributed by atoms with Gasteiger partial charge in [0.1, 0.15) is 11.8 Å². The summed E-state index contributed by atoms with van der Waals surface area (Å²) in [4.78, 5) is 23.3. The van der Waals surface area contributed by atoms with Gasteiger partial charge in [-0.2, -0.15) is 5.26 Å². The first kappa shape index (κ1) is 16.9. The fourth-order valence-corrected chi connectivity index (χ4v) is 2.92. The summed E-state index contributed by atoms with van der Waals surface area (Å²) < 4.78 is 0. The molecule has 1 aliphatic heterocycles. The molecule has 0 spiro atoms. The number of benzene rings is 1. The van der Waals surface area contributed by atoms with Gasteiger partial charge in [0.2, 0.25) is 5.95 Å². The normalized spacial score (nSPS) is 14.8. The number of piperidine rings is 1. The first-order chi connectivity index (χ1) is 12.1. The van der Waals surface area contributed by atoms with Crippen molar-refractivity contribution in [2.75, 3.05) is 18.4 Å². The Morgan fingerprint density at radius 2 is 2.00 bits per heavy atom. The lowest BCUT2D eigenvalue weighted by molar-refractivity contribution is 0.0691. The lowest BCUT2D eigenvalue weighted by Gasteiger charge is -2.30. The smallest absolute Gasteiger partial charge is 0.272 e. The zero-order chi connectivity index (χ0) is 17.8. The Balaban J connectivity index is 1.83. The molecule has 6 nitrogen and oxygen atoms in total. The number of likely N-dealkylation sites (tertiary alicyclic amines) is 1. The maximum Gasteiger partial charge on any atom is 0.272 e. The molecule has 0 atom stereocenters. The van der Waals surface area contributed by atoms with Gasteiger partial charge in [0.25, 0.3) is 5.91 Å². The number of aromatic nitrogens is 2. The van der Waals surface area contributed by atoms with Crippen LogP contribution in [0, 0.1) is 24.2 Å². The molecule has 0 saturated carbocycles. The summed E-state index contributed by atoms with van der Waals surface area (Å²) >= 11 is 0. The highest BCUT2D eigenvalue weighted by molar-refractivity contribution is 5.92. The van der Waals surface area contributed by atoms with Crippen LogP contribution in [-0.4, -0.2) is 33.9 Å². The molecule has 0 radical (unpaired) electrons. The largest absolute Gasteiger partial charge is 0.337 e. The van der Waals surface area contributed by atoms with Gasteiger partial charge in [0.15, 0.2) is 0 Å². The number of aryl methyl sites for hydroxylation is 1. The number of rotatable bonds is 3. The van der Waals surface area contributed by atoms with Crippen molar-refractivity contribution < 1.29 is 4.79 Å². The Labute approximate surface area is 147 Å². The number of anilines is 2. The highest BCUT2D eigenvalue weighted by Crippen LogP contribution is 2.20. The average molecular weight is 335 g/mol. The number of amides is 1. The van der Waals surface area contributed by atoms with E-state index in [1.807, 2.05) is 17.9 Å². The number of carbonyl (C=O) groups excluding carboxylic acids is 1. The maximum absolute atomic E-state index is 12.7. The molecule has 1 aromatic heterocycles. The maximum atomic E-state index is 12.7.